The molecule has 0 saturated carbocycles. The first kappa shape index (κ1) is 15.7. The molecule has 2 aliphatic heterocycles. The Hall–Kier alpha value is -0.650. The highest BCUT2D eigenvalue weighted by Gasteiger charge is 2.23. The highest BCUT2D eigenvalue weighted by atomic mass is 16.5. The van der Waals surface area contributed by atoms with E-state index in [1.807, 2.05) is 11.8 Å². The molecule has 2 N–H and O–H groups in total. The third-order valence-corrected chi connectivity index (χ3v) is 4.35. The van der Waals surface area contributed by atoms with Gasteiger partial charge in [0.2, 0.25) is 5.91 Å². The van der Waals surface area contributed by atoms with Crippen molar-refractivity contribution in [3.05, 3.63) is 0 Å². The lowest BCUT2D eigenvalue weighted by Crippen LogP contribution is -2.38. The van der Waals surface area contributed by atoms with E-state index in [2.05, 4.69) is 4.90 Å². The van der Waals surface area contributed by atoms with Gasteiger partial charge in [0.15, 0.2) is 0 Å². The molecule has 116 valence electrons. The Morgan fingerprint density at radius 3 is 2.85 bits per heavy atom. The second-order valence-electron chi connectivity index (χ2n) is 6.21. The second kappa shape index (κ2) is 7.96. The van der Waals surface area contributed by atoms with Crippen LogP contribution in [-0.4, -0.2) is 67.7 Å². The molecule has 0 aromatic heterocycles. The van der Waals surface area contributed by atoms with E-state index in [9.17, 15) is 4.79 Å². The molecule has 2 fully saturated rings. The van der Waals surface area contributed by atoms with Crippen LogP contribution in [0.25, 0.3) is 0 Å². The van der Waals surface area contributed by atoms with Crippen molar-refractivity contribution in [3.63, 3.8) is 0 Å². The predicted molar refractivity (Wildman–Crippen MR) is 79.4 cm³/mol. The van der Waals surface area contributed by atoms with Crippen molar-refractivity contribution in [3.8, 4) is 0 Å². The van der Waals surface area contributed by atoms with Crippen LogP contribution in [0.15, 0.2) is 0 Å². The quantitative estimate of drug-likeness (QED) is 0.806. The average Bonchev–Trinajstić information content (AvgIpc) is 2.83. The minimum atomic E-state index is 0.266. The van der Waals surface area contributed by atoms with Crippen molar-refractivity contribution in [2.75, 3.05) is 45.9 Å². The third-order valence-electron chi connectivity index (χ3n) is 4.35. The molecular weight excluding hydrogens is 254 g/mol. The van der Waals surface area contributed by atoms with Gasteiger partial charge in [-0.3, -0.25) is 9.69 Å². The Morgan fingerprint density at radius 2 is 2.15 bits per heavy atom. The number of carbonyl (C=O) groups excluding carboxylic acids is 1. The highest BCUT2D eigenvalue weighted by molar-refractivity contribution is 5.76. The van der Waals surface area contributed by atoms with Crippen LogP contribution in [0.4, 0.5) is 0 Å². The van der Waals surface area contributed by atoms with Crippen LogP contribution in [0.5, 0.6) is 0 Å². The SMILES string of the molecule is CC(CN)CC(=O)N1CCCN(CC2CCCO2)CC1. The van der Waals surface area contributed by atoms with Gasteiger partial charge in [-0.1, -0.05) is 6.92 Å². The van der Waals surface area contributed by atoms with Crippen molar-refractivity contribution >= 4 is 5.91 Å². The molecule has 0 bridgehead atoms. The maximum Gasteiger partial charge on any atom is 0.222 e. The molecule has 0 radical (unpaired) electrons. The Labute approximate surface area is 122 Å². The van der Waals surface area contributed by atoms with Gasteiger partial charge in [-0.15, -0.1) is 0 Å². The molecule has 2 rings (SSSR count). The van der Waals surface area contributed by atoms with Crippen molar-refractivity contribution in [1.29, 1.82) is 0 Å². The van der Waals surface area contributed by atoms with Gasteiger partial charge < -0.3 is 15.4 Å². The van der Waals surface area contributed by atoms with Crippen LogP contribution < -0.4 is 5.73 Å². The topological polar surface area (TPSA) is 58.8 Å². The van der Waals surface area contributed by atoms with E-state index in [0.717, 1.165) is 45.8 Å². The molecular formula is C15H29N3O2. The summed E-state index contributed by atoms with van der Waals surface area (Å²) in [5.74, 6) is 0.552. The van der Waals surface area contributed by atoms with E-state index in [1.165, 1.54) is 12.8 Å². The Bertz CT molecular complexity index is 305. The molecule has 1 amide bonds. The lowest BCUT2D eigenvalue weighted by Gasteiger charge is -2.24. The number of amides is 1. The molecule has 2 saturated heterocycles. The molecule has 0 aliphatic carbocycles. The Kier molecular flexibility index (Phi) is 6.26. The second-order valence-corrected chi connectivity index (χ2v) is 6.21. The summed E-state index contributed by atoms with van der Waals surface area (Å²) in [5, 5.41) is 0. The van der Waals surface area contributed by atoms with Gasteiger partial charge in [-0.25, -0.2) is 0 Å². The Morgan fingerprint density at radius 1 is 1.30 bits per heavy atom. The Balaban J connectivity index is 1.74. The van der Waals surface area contributed by atoms with Crippen molar-refractivity contribution in [2.45, 2.75) is 38.7 Å². The van der Waals surface area contributed by atoms with Crippen LogP contribution >= 0.6 is 0 Å². The zero-order chi connectivity index (χ0) is 14.4. The number of nitrogens with zero attached hydrogens (tertiary/aromatic N) is 2. The summed E-state index contributed by atoms with van der Waals surface area (Å²) in [5.41, 5.74) is 5.60. The van der Waals surface area contributed by atoms with E-state index >= 15 is 0 Å². The average molecular weight is 283 g/mol. The number of ether oxygens (including phenoxy) is 1. The third kappa shape index (κ3) is 4.72. The van der Waals surface area contributed by atoms with Gasteiger partial charge in [0.25, 0.3) is 0 Å². The minimum absolute atomic E-state index is 0.266. The van der Waals surface area contributed by atoms with Crippen LogP contribution in [0.1, 0.15) is 32.6 Å². The largest absolute Gasteiger partial charge is 0.377 e. The number of hydrogen-bond donors (Lipinski definition) is 1. The first-order chi connectivity index (χ1) is 9.69. The van der Waals surface area contributed by atoms with Gasteiger partial charge in [0, 0.05) is 39.2 Å². The van der Waals surface area contributed by atoms with Gasteiger partial charge in [-0.05, 0) is 38.3 Å². The van der Waals surface area contributed by atoms with E-state index in [0.29, 0.717) is 19.1 Å². The van der Waals surface area contributed by atoms with Crippen molar-refractivity contribution < 1.29 is 9.53 Å². The summed E-state index contributed by atoms with van der Waals surface area (Å²) in [7, 11) is 0. The van der Waals surface area contributed by atoms with E-state index in [-0.39, 0.29) is 11.8 Å². The summed E-state index contributed by atoms with van der Waals surface area (Å²) < 4.78 is 5.70. The molecule has 2 atom stereocenters. The lowest BCUT2D eigenvalue weighted by molar-refractivity contribution is -0.131. The first-order valence-corrected chi connectivity index (χ1v) is 8.01. The number of hydrogen-bond acceptors (Lipinski definition) is 4. The summed E-state index contributed by atoms with van der Waals surface area (Å²) in [4.78, 5) is 16.7. The number of rotatable bonds is 5. The molecule has 20 heavy (non-hydrogen) atoms. The molecule has 2 unspecified atom stereocenters. The monoisotopic (exact) mass is 283 g/mol. The normalized spacial score (nSPS) is 26.5. The van der Waals surface area contributed by atoms with Gasteiger partial charge in [-0.2, -0.15) is 0 Å². The van der Waals surface area contributed by atoms with Gasteiger partial charge in [0.1, 0.15) is 0 Å². The summed E-state index contributed by atoms with van der Waals surface area (Å²) in [6, 6.07) is 0. The van der Waals surface area contributed by atoms with Crippen molar-refractivity contribution in [2.24, 2.45) is 11.7 Å². The van der Waals surface area contributed by atoms with Crippen LogP contribution in [0, 0.1) is 5.92 Å². The zero-order valence-corrected chi connectivity index (χ0v) is 12.7. The van der Waals surface area contributed by atoms with E-state index in [1.54, 1.807) is 0 Å². The fourth-order valence-electron chi connectivity index (χ4n) is 2.99. The van der Waals surface area contributed by atoms with Crippen LogP contribution in [0.3, 0.4) is 0 Å². The van der Waals surface area contributed by atoms with E-state index < -0.39 is 0 Å². The van der Waals surface area contributed by atoms with Gasteiger partial charge >= 0.3 is 0 Å². The molecule has 2 aliphatic rings. The maximum absolute atomic E-state index is 12.2. The zero-order valence-electron chi connectivity index (χ0n) is 12.7. The minimum Gasteiger partial charge on any atom is -0.377 e. The number of carbonyl (C=O) groups is 1. The first-order valence-electron chi connectivity index (χ1n) is 8.01. The maximum atomic E-state index is 12.2. The fourth-order valence-corrected chi connectivity index (χ4v) is 2.99. The summed E-state index contributed by atoms with van der Waals surface area (Å²) in [6.07, 6.45) is 4.44. The van der Waals surface area contributed by atoms with Crippen molar-refractivity contribution in [1.82, 2.24) is 9.80 Å². The van der Waals surface area contributed by atoms with E-state index in [4.69, 9.17) is 10.5 Å². The van der Waals surface area contributed by atoms with Crippen LogP contribution in [-0.2, 0) is 9.53 Å². The van der Waals surface area contributed by atoms with Crippen LogP contribution in [0.2, 0.25) is 0 Å². The lowest BCUT2D eigenvalue weighted by atomic mass is 10.1. The fraction of sp³-hybridized carbons (Fsp3) is 0.933. The predicted octanol–water partition coefficient (Wildman–Crippen LogP) is 0.685. The molecule has 5 heteroatoms. The molecule has 5 nitrogen and oxygen atoms in total. The number of nitrogens with two attached hydrogens (primary N) is 1. The molecule has 2 heterocycles. The highest BCUT2D eigenvalue weighted by Crippen LogP contribution is 2.15. The molecule has 0 spiro atoms. The summed E-state index contributed by atoms with van der Waals surface area (Å²) >= 11 is 0. The summed E-state index contributed by atoms with van der Waals surface area (Å²) in [6.45, 7) is 8.37. The molecule has 0 aromatic rings. The standard InChI is InChI=1S/C15H29N3O2/c1-13(11-16)10-15(19)18-6-3-5-17(7-8-18)12-14-4-2-9-20-14/h13-14H,2-12,16H2,1H3. The molecule has 0 aromatic carbocycles. The van der Waals surface area contributed by atoms with Gasteiger partial charge in [0.05, 0.1) is 6.10 Å². The smallest absolute Gasteiger partial charge is 0.222 e.